The number of aliphatic hydroxyl groups is 2. The number of aryl methyl sites for hydroxylation is 1. The summed E-state index contributed by atoms with van der Waals surface area (Å²) in [6, 6.07) is 18.4. The molecule has 15 heteroatoms. The fourth-order valence-corrected chi connectivity index (χ4v) is 11.8. The van der Waals surface area contributed by atoms with Crippen LogP contribution in [0.3, 0.4) is 0 Å². The average molecular weight is 819 g/mol. The molecular formula is C42H52ClFN6O6Si. The number of halogens is 2. The third kappa shape index (κ3) is 8.00. The molecule has 0 radical (unpaired) electrons. The predicted octanol–water partition coefficient (Wildman–Crippen LogP) is 6.23. The molecule has 3 aliphatic heterocycles. The van der Waals surface area contributed by atoms with E-state index in [0.717, 1.165) is 29.0 Å². The van der Waals surface area contributed by atoms with Gasteiger partial charge in [-0.05, 0) is 112 Å². The summed E-state index contributed by atoms with van der Waals surface area (Å²) in [4.78, 5) is 32.4. The van der Waals surface area contributed by atoms with Crippen molar-refractivity contribution in [2.24, 2.45) is 5.92 Å². The highest BCUT2D eigenvalue weighted by Crippen LogP contribution is 2.60. The zero-order valence-corrected chi connectivity index (χ0v) is 34.7. The van der Waals surface area contributed by atoms with Crippen LogP contribution in [0.15, 0.2) is 66.9 Å². The largest absolute Gasteiger partial charge is 0.494 e. The van der Waals surface area contributed by atoms with E-state index in [4.69, 9.17) is 21.1 Å². The molecule has 7 rings (SSSR count). The van der Waals surface area contributed by atoms with Gasteiger partial charge in [0.15, 0.2) is 5.60 Å². The molecule has 3 aromatic carbocycles. The first-order valence-corrected chi connectivity index (χ1v) is 23.2. The minimum Gasteiger partial charge on any atom is -0.494 e. The van der Waals surface area contributed by atoms with Crippen LogP contribution in [-0.4, -0.2) is 83.9 Å². The molecule has 4 heterocycles. The van der Waals surface area contributed by atoms with E-state index in [9.17, 15) is 19.8 Å². The van der Waals surface area contributed by atoms with Crippen molar-refractivity contribution in [1.29, 1.82) is 0 Å². The molecule has 1 aromatic heterocycles. The van der Waals surface area contributed by atoms with Crippen molar-refractivity contribution in [2.75, 3.05) is 36.2 Å². The van der Waals surface area contributed by atoms with Gasteiger partial charge in [0.1, 0.15) is 5.75 Å². The molecule has 4 aromatic rings. The number of nitrogens with zero attached hydrogens (tertiary/aromatic N) is 5. The number of carbonyl (C=O) groups excluding carboxylic acids is 2. The quantitative estimate of drug-likeness (QED) is 0.0682. The number of carbonyl (C=O) groups is 2. The molecule has 0 saturated carbocycles. The van der Waals surface area contributed by atoms with Crippen LogP contribution >= 0.6 is 11.6 Å². The van der Waals surface area contributed by atoms with Crippen molar-refractivity contribution in [2.45, 2.75) is 95.4 Å². The van der Waals surface area contributed by atoms with Crippen molar-refractivity contribution >= 4 is 48.9 Å². The molecule has 3 aliphatic rings. The van der Waals surface area contributed by atoms with Gasteiger partial charge in [0.2, 0.25) is 14.3 Å². The van der Waals surface area contributed by atoms with E-state index in [-0.39, 0.29) is 31.6 Å². The summed E-state index contributed by atoms with van der Waals surface area (Å²) >= 11 is 6.60. The molecule has 3 N–H and O–H groups in total. The van der Waals surface area contributed by atoms with E-state index in [1.165, 1.54) is 0 Å². The fourth-order valence-electron chi connectivity index (χ4n) is 9.04. The van der Waals surface area contributed by atoms with Gasteiger partial charge in [0, 0.05) is 60.1 Å². The standard InChI is InChI=1S/C42H52ClFN6O6Si/c1-5-55-33-13-15-36-29(22-33)23-35(45-18-6-7-20-51)40(53)50(36)32-11-8-28(9-12-32)25-49-37-14-10-30(43)24-34(37)42(41(49)54)27(2)39(57(3,4)44)38(56-42)16-19-48-26-31(17-21-52)46-47-48/h8-15,22,24,26-27,35,38-39,45,51-52H,5-7,16-21,23,25H2,1-4H3/t27-,35?,38+,39-,42+/m1/s1. The van der Waals surface area contributed by atoms with Crippen molar-refractivity contribution in [1.82, 2.24) is 20.3 Å². The Balaban J connectivity index is 1.16. The van der Waals surface area contributed by atoms with Gasteiger partial charge in [-0.3, -0.25) is 19.2 Å². The van der Waals surface area contributed by atoms with Crippen LogP contribution in [-0.2, 0) is 45.9 Å². The Kier molecular flexibility index (Phi) is 12.2. The van der Waals surface area contributed by atoms with E-state index in [1.807, 2.05) is 62.4 Å². The smallest absolute Gasteiger partial charge is 0.264 e. The van der Waals surface area contributed by atoms with Gasteiger partial charge in [-0.15, -0.1) is 5.10 Å². The van der Waals surface area contributed by atoms with Crippen molar-refractivity contribution in [3.05, 3.63) is 94.3 Å². The second-order valence-corrected chi connectivity index (χ2v) is 20.0. The van der Waals surface area contributed by atoms with Crippen LogP contribution in [0, 0.1) is 5.92 Å². The lowest BCUT2D eigenvalue weighted by molar-refractivity contribution is -0.146. The van der Waals surface area contributed by atoms with Gasteiger partial charge in [-0.1, -0.05) is 35.9 Å². The summed E-state index contributed by atoms with van der Waals surface area (Å²) in [5, 5.41) is 30.7. The summed E-state index contributed by atoms with van der Waals surface area (Å²) < 4.78 is 30.7. The number of nitrogens with one attached hydrogen (secondary N) is 1. The van der Waals surface area contributed by atoms with Gasteiger partial charge >= 0.3 is 0 Å². The maximum atomic E-state index is 16.4. The van der Waals surface area contributed by atoms with E-state index < -0.39 is 37.6 Å². The van der Waals surface area contributed by atoms with E-state index >= 15 is 4.11 Å². The summed E-state index contributed by atoms with van der Waals surface area (Å²) in [6.07, 6.45) is 3.95. The van der Waals surface area contributed by atoms with E-state index in [1.54, 1.807) is 45.9 Å². The first kappa shape index (κ1) is 41.0. The molecule has 0 bridgehead atoms. The van der Waals surface area contributed by atoms with Crippen LogP contribution in [0.1, 0.15) is 55.5 Å². The Morgan fingerprint density at radius 2 is 1.82 bits per heavy atom. The Bertz CT molecular complexity index is 2080. The molecule has 1 fully saturated rings. The van der Waals surface area contributed by atoms with Crippen LogP contribution < -0.4 is 19.9 Å². The highest BCUT2D eigenvalue weighted by molar-refractivity contribution is 6.72. The second kappa shape index (κ2) is 17.0. The van der Waals surface area contributed by atoms with E-state index in [0.29, 0.717) is 73.0 Å². The molecule has 1 saturated heterocycles. The number of ether oxygens (including phenoxy) is 2. The lowest BCUT2D eigenvalue weighted by Crippen LogP contribution is -2.49. The van der Waals surface area contributed by atoms with Gasteiger partial charge in [-0.25, -0.2) is 0 Å². The molecule has 12 nitrogen and oxygen atoms in total. The van der Waals surface area contributed by atoms with Crippen LogP contribution in [0.5, 0.6) is 5.75 Å². The highest BCUT2D eigenvalue weighted by Gasteiger charge is 2.66. The number of amides is 2. The molecule has 1 unspecified atom stereocenters. The fraction of sp³-hybridized carbons (Fsp3) is 0.476. The number of aliphatic hydroxyl groups excluding tert-OH is 2. The first-order chi connectivity index (χ1) is 27.4. The lowest BCUT2D eigenvalue weighted by Gasteiger charge is -2.35. The van der Waals surface area contributed by atoms with Crippen molar-refractivity contribution in [3.8, 4) is 5.75 Å². The average Bonchev–Trinajstić information content (AvgIpc) is 3.83. The molecule has 1 spiro atoms. The monoisotopic (exact) mass is 818 g/mol. The molecule has 0 aliphatic carbocycles. The van der Waals surface area contributed by atoms with E-state index in [2.05, 4.69) is 15.6 Å². The van der Waals surface area contributed by atoms with Gasteiger partial charge < -0.3 is 34.0 Å². The molecule has 304 valence electrons. The molecule has 57 heavy (non-hydrogen) atoms. The lowest BCUT2D eigenvalue weighted by atomic mass is 9.82. The summed E-state index contributed by atoms with van der Waals surface area (Å²) in [6.45, 7) is 9.05. The number of rotatable bonds is 16. The van der Waals surface area contributed by atoms with Crippen LogP contribution in [0.2, 0.25) is 23.7 Å². The zero-order valence-electron chi connectivity index (χ0n) is 33.0. The van der Waals surface area contributed by atoms with Crippen LogP contribution in [0.4, 0.5) is 21.2 Å². The number of benzene rings is 3. The minimum absolute atomic E-state index is 0.0347. The second-order valence-electron chi connectivity index (χ2n) is 15.8. The number of fused-ring (bicyclic) bond motifs is 3. The maximum absolute atomic E-state index is 16.4. The van der Waals surface area contributed by atoms with Gasteiger partial charge in [0.05, 0.1) is 42.4 Å². The molecule has 2 amide bonds. The highest BCUT2D eigenvalue weighted by atomic mass is 35.5. The summed E-state index contributed by atoms with van der Waals surface area (Å²) in [5.41, 5.74) is 3.36. The Labute approximate surface area is 339 Å². The predicted molar refractivity (Wildman–Crippen MR) is 219 cm³/mol. The maximum Gasteiger partial charge on any atom is 0.264 e. The number of unbranched alkanes of at least 4 members (excludes halogenated alkanes) is 1. The molecular weight excluding hydrogens is 767 g/mol. The third-order valence-electron chi connectivity index (χ3n) is 11.6. The van der Waals surface area contributed by atoms with Crippen LogP contribution in [0.25, 0.3) is 0 Å². The minimum atomic E-state index is -3.39. The van der Waals surface area contributed by atoms with Crippen molar-refractivity contribution < 1.29 is 33.4 Å². The SMILES string of the molecule is CCOc1ccc2c(c1)CC(NCCCCO)C(=O)N2c1ccc(CN2C(=O)[C@@]3(O[C@@H](CCn4cc(CCO)nn4)[C@H]([Si](C)(C)F)[C@H]3C)c3cc(Cl)ccc32)cc1. The Morgan fingerprint density at radius 3 is 2.54 bits per heavy atom. The number of anilines is 3. The van der Waals surface area contributed by atoms with Gasteiger partial charge in [-0.2, -0.15) is 0 Å². The van der Waals surface area contributed by atoms with Crippen molar-refractivity contribution in [3.63, 3.8) is 0 Å². The third-order valence-corrected chi connectivity index (χ3v) is 14.3. The zero-order chi connectivity index (χ0) is 40.5. The Hall–Kier alpha value is -4.18. The van der Waals surface area contributed by atoms with Gasteiger partial charge in [0.25, 0.3) is 5.91 Å². The topological polar surface area (TPSA) is 142 Å². The first-order valence-electron chi connectivity index (χ1n) is 19.9. The Morgan fingerprint density at radius 1 is 1.05 bits per heavy atom. The number of hydrogen-bond donors (Lipinski definition) is 3. The summed E-state index contributed by atoms with van der Waals surface area (Å²) in [7, 11) is -3.39. The number of hydrogen-bond acceptors (Lipinski definition) is 9. The summed E-state index contributed by atoms with van der Waals surface area (Å²) in [5.74, 6) is -0.0664. The molecule has 5 atom stereocenters. The number of aromatic nitrogens is 3. The normalized spacial score (nSPS) is 23.1.